The van der Waals surface area contributed by atoms with E-state index in [1.54, 1.807) is 26.4 Å². The molecule has 1 heterocycles. The third kappa shape index (κ3) is 4.97. The lowest BCUT2D eigenvalue weighted by molar-refractivity contribution is -0.139. The maximum absolute atomic E-state index is 13.7. The highest BCUT2D eigenvalue weighted by Crippen LogP contribution is 2.47. The maximum Gasteiger partial charge on any atom is 0.336 e. The lowest BCUT2D eigenvalue weighted by Crippen LogP contribution is -2.36. The smallest absolute Gasteiger partial charge is 0.336 e. The van der Waals surface area contributed by atoms with Crippen molar-refractivity contribution in [1.82, 2.24) is 5.32 Å². The van der Waals surface area contributed by atoms with Crippen LogP contribution in [0.15, 0.2) is 58.9 Å². The van der Waals surface area contributed by atoms with Gasteiger partial charge in [-0.05, 0) is 61.1 Å². The summed E-state index contributed by atoms with van der Waals surface area (Å²) in [4.78, 5) is 26.9. The van der Waals surface area contributed by atoms with Crippen LogP contribution >= 0.6 is 23.2 Å². The Bertz CT molecular complexity index is 1270. The number of carbonyl (C=O) groups excluding carboxylic acids is 2. The highest BCUT2D eigenvalue weighted by atomic mass is 35.5. The molecule has 0 bridgehead atoms. The van der Waals surface area contributed by atoms with E-state index in [9.17, 15) is 9.59 Å². The fourth-order valence-electron chi connectivity index (χ4n) is 4.95. The molecule has 2 aromatic carbocycles. The summed E-state index contributed by atoms with van der Waals surface area (Å²) in [6, 6.07) is 10.9. The maximum atomic E-state index is 13.7. The molecule has 190 valence electrons. The van der Waals surface area contributed by atoms with Crippen molar-refractivity contribution in [1.29, 1.82) is 0 Å². The van der Waals surface area contributed by atoms with E-state index in [1.165, 1.54) is 0 Å². The van der Waals surface area contributed by atoms with E-state index in [2.05, 4.69) is 5.32 Å². The topological polar surface area (TPSA) is 73.9 Å². The van der Waals surface area contributed by atoms with Crippen LogP contribution in [0, 0.1) is 0 Å². The molecule has 2 aliphatic rings. The number of methoxy groups -OCH3 is 2. The van der Waals surface area contributed by atoms with Gasteiger partial charge in [0.1, 0.15) is 0 Å². The molecule has 1 aliphatic carbocycles. The number of rotatable bonds is 7. The summed E-state index contributed by atoms with van der Waals surface area (Å²) in [5, 5.41) is 4.12. The molecule has 0 fully saturated rings. The number of halogens is 2. The lowest BCUT2D eigenvalue weighted by Gasteiger charge is -2.37. The first kappa shape index (κ1) is 26.1. The fourth-order valence-corrected chi connectivity index (χ4v) is 5.26. The highest BCUT2D eigenvalue weighted by molar-refractivity contribution is 6.42. The number of carbonyl (C=O) groups is 2. The van der Waals surface area contributed by atoms with Crippen LogP contribution in [0.3, 0.4) is 0 Å². The van der Waals surface area contributed by atoms with Crippen LogP contribution in [-0.4, -0.2) is 32.6 Å². The van der Waals surface area contributed by atoms with Gasteiger partial charge in [0.05, 0.1) is 36.4 Å². The standard InChI is InChI=1S/C28H29Cl2NO5/c1-5-10-36-28(33)25-15(2)31-21-12-18(16-7-9-23(34-3)24(14-16)35-4)13-22(32)27(21)26(25)17-6-8-19(29)20(30)11-17/h6-9,11,14,18,26,31H,5,10,12-13H2,1-4H3/t18-,26+/m1/s1. The summed E-state index contributed by atoms with van der Waals surface area (Å²) >= 11 is 12.5. The molecule has 2 atom stereocenters. The van der Waals surface area contributed by atoms with E-state index < -0.39 is 11.9 Å². The fraction of sp³-hybridized carbons (Fsp3) is 0.357. The van der Waals surface area contributed by atoms with Gasteiger partial charge in [-0.15, -0.1) is 0 Å². The summed E-state index contributed by atoms with van der Waals surface area (Å²) in [6.07, 6.45) is 1.59. The molecule has 6 nitrogen and oxygen atoms in total. The molecular weight excluding hydrogens is 501 g/mol. The summed E-state index contributed by atoms with van der Waals surface area (Å²) < 4.78 is 16.3. The molecule has 36 heavy (non-hydrogen) atoms. The number of hydrogen-bond acceptors (Lipinski definition) is 6. The van der Waals surface area contributed by atoms with Gasteiger partial charge in [-0.3, -0.25) is 4.79 Å². The van der Waals surface area contributed by atoms with Gasteiger partial charge in [-0.1, -0.05) is 42.3 Å². The number of dihydropyridines is 1. The quantitative estimate of drug-likeness (QED) is 0.422. The number of nitrogens with one attached hydrogen (secondary N) is 1. The summed E-state index contributed by atoms with van der Waals surface area (Å²) in [6.45, 7) is 4.07. The number of allylic oxidation sites excluding steroid dienone is 3. The van der Waals surface area contributed by atoms with Gasteiger partial charge in [0.2, 0.25) is 0 Å². The molecule has 1 N–H and O–H groups in total. The molecule has 0 amide bonds. The summed E-state index contributed by atoms with van der Waals surface area (Å²) in [7, 11) is 3.18. The van der Waals surface area contributed by atoms with E-state index in [0.29, 0.717) is 64.3 Å². The van der Waals surface area contributed by atoms with Crippen LogP contribution in [0.5, 0.6) is 11.5 Å². The number of ether oxygens (including phenoxy) is 3. The normalized spacial score (nSPS) is 19.6. The van der Waals surface area contributed by atoms with Crippen LogP contribution in [-0.2, 0) is 14.3 Å². The van der Waals surface area contributed by atoms with Crippen molar-refractivity contribution in [3.05, 3.63) is 80.1 Å². The van der Waals surface area contributed by atoms with Gasteiger partial charge >= 0.3 is 5.97 Å². The molecule has 0 radical (unpaired) electrons. The molecule has 0 saturated heterocycles. The Morgan fingerprint density at radius 1 is 1.00 bits per heavy atom. The Morgan fingerprint density at radius 3 is 2.39 bits per heavy atom. The van der Waals surface area contributed by atoms with Crippen LogP contribution < -0.4 is 14.8 Å². The van der Waals surface area contributed by atoms with Crippen molar-refractivity contribution in [2.24, 2.45) is 0 Å². The van der Waals surface area contributed by atoms with Crippen LogP contribution in [0.2, 0.25) is 10.0 Å². The first-order valence-corrected chi connectivity index (χ1v) is 12.6. The van der Waals surface area contributed by atoms with Gasteiger partial charge in [-0.2, -0.15) is 0 Å². The van der Waals surface area contributed by atoms with E-state index in [1.807, 2.05) is 38.1 Å². The first-order chi connectivity index (χ1) is 17.3. The molecule has 0 unspecified atom stereocenters. The van der Waals surface area contributed by atoms with Gasteiger partial charge in [0, 0.05) is 29.3 Å². The minimum absolute atomic E-state index is 0.0344. The second-order valence-electron chi connectivity index (χ2n) is 8.94. The van der Waals surface area contributed by atoms with E-state index in [-0.39, 0.29) is 11.7 Å². The Kier molecular flexibility index (Phi) is 7.96. The Hall–Kier alpha value is -2.96. The van der Waals surface area contributed by atoms with Crippen molar-refractivity contribution in [3.8, 4) is 11.5 Å². The zero-order valence-corrected chi connectivity index (χ0v) is 22.3. The number of esters is 1. The summed E-state index contributed by atoms with van der Waals surface area (Å²) in [5.41, 5.74) is 4.14. The number of ketones is 1. The molecule has 0 saturated carbocycles. The van der Waals surface area contributed by atoms with E-state index in [4.69, 9.17) is 37.4 Å². The molecule has 0 aromatic heterocycles. The number of Topliss-reactive ketones (excluding diaryl/α,β-unsaturated/α-hetero) is 1. The Labute approximate surface area is 221 Å². The van der Waals surface area contributed by atoms with Crippen molar-refractivity contribution < 1.29 is 23.8 Å². The monoisotopic (exact) mass is 529 g/mol. The van der Waals surface area contributed by atoms with Crippen LogP contribution in [0.1, 0.15) is 56.1 Å². The second-order valence-corrected chi connectivity index (χ2v) is 9.76. The van der Waals surface area contributed by atoms with Crippen molar-refractivity contribution in [3.63, 3.8) is 0 Å². The minimum Gasteiger partial charge on any atom is -0.493 e. The number of hydrogen-bond donors (Lipinski definition) is 1. The predicted molar refractivity (Wildman–Crippen MR) is 140 cm³/mol. The van der Waals surface area contributed by atoms with E-state index in [0.717, 1.165) is 16.8 Å². The lowest BCUT2D eigenvalue weighted by atomic mass is 9.71. The van der Waals surface area contributed by atoms with Gasteiger partial charge < -0.3 is 19.5 Å². The van der Waals surface area contributed by atoms with Crippen molar-refractivity contribution in [2.75, 3.05) is 20.8 Å². The molecule has 4 rings (SSSR count). The highest BCUT2D eigenvalue weighted by Gasteiger charge is 2.41. The second kappa shape index (κ2) is 11.0. The number of benzene rings is 2. The van der Waals surface area contributed by atoms with Crippen LogP contribution in [0.4, 0.5) is 0 Å². The van der Waals surface area contributed by atoms with Gasteiger partial charge in [-0.25, -0.2) is 4.79 Å². The molecule has 0 spiro atoms. The third-order valence-electron chi connectivity index (χ3n) is 6.64. The van der Waals surface area contributed by atoms with E-state index >= 15 is 0 Å². The molecule has 2 aromatic rings. The zero-order valence-electron chi connectivity index (χ0n) is 20.7. The summed E-state index contributed by atoms with van der Waals surface area (Å²) in [5.74, 6) is 0.114. The van der Waals surface area contributed by atoms with Crippen LogP contribution in [0.25, 0.3) is 0 Å². The minimum atomic E-state index is -0.598. The first-order valence-electron chi connectivity index (χ1n) is 11.9. The average Bonchev–Trinajstić information content (AvgIpc) is 2.87. The molecule has 1 aliphatic heterocycles. The zero-order chi connectivity index (χ0) is 26.0. The van der Waals surface area contributed by atoms with Crippen molar-refractivity contribution in [2.45, 2.75) is 44.9 Å². The Morgan fingerprint density at radius 2 is 1.72 bits per heavy atom. The predicted octanol–water partition coefficient (Wildman–Crippen LogP) is 6.33. The van der Waals surface area contributed by atoms with Gasteiger partial charge in [0.15, 0.2) is 17.3 Å². The third-order valence-corrected chi connectivity index (χ3v) is 7.38. The van der Waals surface area contributed by atoms with Crippen molar-refractivity contribution >= 4 is 35.0 Å². The average molecular weight is 530 g/mol. The Balaban J connectivity index is 1.78. The molecular formula is C28H29Cl2NO5. The van der Waals surface area contributed by atoms with Gasteiger partial charge in [0.25, 0.3) is 0 Å². The SMILES string of the molecule is CCCOC(=O)C1=C(C)NC2=C(C(=O)C[C@H](c3ccc(OC)c(OC)c3)C2)[C@H]1c1ccc(Cl)c(Cl)c1. The molecule has 8 heteroatoms. The largest absolute Gasteiger partial charge is 0.493 e.